The number of nitrogens with zero attached hydrogens (tertiary/aromatic N) is 2. The van der Waals surface area contributed by atoms with Crippen molar-refractivity contribution in [3.05, 3.63) is 58.6 Å². The predicted molar refractivity (Wildman–Crippen MR) is 81.9 cm³/mol. The second-order valence-corrected chi connectivity index (χ2v) is 4.77. The van der Waals surface area contributed by atoms with Crippen LogP contribution in [-0.4, -0.2) is 20.1 Å². The molecule has 0 aliphatic heterocycles. The van der Waals surface area contributed by atoms with Crippen molar-refractivity contribution in [1.82, 2.24) is 0 Å². The number of methoxy groups -OCH3 is 1. The van der Waals surface area contributed by atoms with Gasteiger partial charge >= 0.3 is 0 Å². The molecule has 2 aromatic carbocycles. The van der Waals surface area contributed by atoms with Crippen molar-refractivity contribution in [3.63, 3.8) is 0 Å². The minimum Gasteiger partial charge on any atom is -0.496 e. The van der Waals surface area contributed by atoms with Gasteiger partial charge < -0.3 is 9.64 Å². The SMILES string of the molecule is COc1ccc(Cl)cc1C(=O)N(C)c1ccccc1C#N. The summed E-state index contributed by atoms with van der Waals surface area (Å²) in [7, 11) is 3.10. The molecule has 0 radical (unpaired) electrons. The molecule has 0 aromatic heterocycles. The summed E-state index contributed by atoms with van der Waals surface area (Å²) in [6.45, 7) is 0. The molecule has 4 nitrogen and oxygen atoms in total. The molecule has 1 amide bonds. The monoisotopic (exact) mass is 300 g/mol. The molecule has 0 N–H and O–H groups in total. The first kappa shape index (κ1) is 14.9. The van der Waals surface area contributed by atoms with E-state index in [1.807, 2.05) is 0 Å². The molecule has 2 rings (SSSR count). The Morgan fingerprint density at radius 2 is 2.00 bits per heavy atom. The van der Waals surface area contributed by atoms with Crippen molar-refractivity contribution in [2.75, 3.05) is 19.1 Å². The van der Waals surface area contributed by atoms with Gasteiger partial charge in [0.25, 0.3) is 5.91 Å². The average Bonchev–Trinajstić information content (AvgIpc) is 2.53. The molecule has 0 atom stereocenters. The summed E-state index contributed by atoms with van der Waals surface area (Å²) >= 11 is 5.95. The normalized spacial score (nSPS) is 9.81. The number of benzene rings is 2. The number of amides is 1. The first-order chi connectivity index (χ1) is 10.1. The van der Waals surface area contributed by atoms with Crippen LogP contribution in [0.25, 0.3) is 0 Å². The average molecular weight is 301 g/mol. The van der Waals surface area contributed by atoms with Crippen molar-refractivity contribution in [2.45, 2.75) is 0 Å². The van der Waals surface area contributed by atoms with E-state index in [-0.39, 0.29) is 5.91 Å². The fourth-order valence-electron chi connectivity index (χ4n) is 2.00. The molecule has 0 fully saturated rings. The zero-order chi connectivity index (χ0) is 15.4. The van der Waals surface area contributed by atoms with Crippen LogP contribution in [0.3, 0.4) is 0 Å². The molecule has 0 aliphatic rings. The van der Waals surface area contributed by atoms with Crippen molar-refractivity contribution in [1.29, 1.82) is 5.26 Å². The van der Waals surface area contributed by atoms with Crippen LogP contribution in [0.4, 0.5) is 5.69 Å². The van der Waals surface area contributed by atoms with Gasteiger partial charge in [0, 0.05) is 12.1 Å². The minimum atomic E-state index is -0.294. The minimum absolute atomic E-state index is 0.294. The number of nitriles is 1. The first-order valence-corrected chi connectivity index (χ1v) is 6.57. The highest BCUT2D eigenvalue weighted by Gasteiger charge is 2.20. The summed E-state index contributed by atoms with van der Waals surface area (Å²) in [5.74, 6) is 0.141. The van der Waals surface area contributed by atoms with Crippen LogP contribution in [0.2, 0.25) is 5.02 Å². The van der Waals surface area contributed by atoms with Crippen LogP contribution in [-0.2, 0) is 0 Å². The van der Waals surface area contributed by atoms with Crippen LogP contribution >= 0.6 is 11.6 Å². The zero-order valence-corrected chi connectivity index (χ0v) is 12.4. The van der Waals surface area contributed by atoms with Crippen LogP contribution in [0, 0.1) is 11.3 Å². The van der Waals surface area contributed by atoms with E-state index >= 15 is 0 Å². The number of anilines is 1. The fourth-order valence-corrected chi connectivity index (χ4v) is 2.17. The van der Waals surface area contributed by atoms with Crippen LogP contribution in [0.5, 0.6) is 5.75 Å². The largest absolute Gasteiger partial charge is 0.496 e. The van der Waals surface area contributed by atoms with Crippen molar-refractivity contribution >= 4 is 23.2 Å². The van der Waals surface area contributed by atoms with E-state index in [1.165, 1.54) is 12.0 Å². The smallest absolute Gasteiger partial charge is 0.261 e. The van der Waals surface area contributed by atoms with Gasteiger partial charge in [-0.05, 0) is 30.3 Å². The topological polar surface area (TPSA) is 53.3 Å². The molecule has 0 unspecified atom stereocenters. The third-order valence-corrected chi connectivity index (χ3v) is 3.32. The van der Waals surface area contributed by atoms with Crippen molar-refractivity contribution in [3.8, 4) is 11.8 Å². The Labute approximate surface area is 128 Å². The number of ether oxygens (including phenoxy) is 1. The molecular formula is C16H13ClN2O2. The lowest BCUT2D eigenvalue weighted by molar-refractivity contribution is 0.0990. The van der Waals surface area contributed by atoms with E-state index < -0.39 is 0 Å². The Balaban J connectivity index is 2.45. The lowest BCUT2D eigenvalue weighted by atomic mass is 10.1. The Bertz CT molecular complexity index is 722. The molecule has 5 heteroatoms. The maximum atomic E-state index is 12.6. The molecule has 0 heterocycles. The van der Waals surface area contributed by atoms with Gasteiger partial charge in [0.1, 0.15) is 11.8 Å². The second kappa shape index (κ2) is 6.29. The van der Waals surface area contributed by atoms with Gasteiger partial charge in [0.05, 0.1) is 23.9 Å². The maximum absolute atomic E-state index is 12.6. The van der Waals surface area contributed by atoms with Gasteiger partial charge in [-0.15, -0.1) is 0 Å². The number of carbonyl (C=O) groups is 1. The van der Waals surface area contributed by atoms with E-state index in [0.29, 0.717) is 27.6 Å². The number of hydrogen-bond donors (Lipinski definition) is 0. The van der Waals surface area contributed by atoms with Gasteiger partial charge in [0.2, 0.25) is 0 Å². The lowest BCUT2D eigenvalue weighted by Crippen LogP contribution is -2.27. The van der Waals surface area contributed by atoms with Crippen LogP contribution in [0.15, 0.2) is 42.5 Å². The Hall–Kier alpha value is -2.51. The van der Waals surface area contributed by atoms with Gasteiger partial charge in [-0.1, -0.05) is 23.7 Å². The summed E-state index contributed by atoms with van der Waals surface area (Å²) in [5, 5.41) is 9.58. The molecule has 106 valence electrons. The van der Waals surface area contributed by atoms with Crippen molar-refractivity contribution in [2.24, 2.45) is 0 Å². The standard InChI is InChI=1S/C16H13ClN2O2/c1-19(14-6-4-3-5-11(14)10-18)16(20)13-9-12(17)7-8-15(13)21-2/h3-9H,1-2H3. The zero-order valence-electron chi connectivity index (χ0n) is 11.6. The number of carbonyl (C=O) groups excluding carboxylic acids is 1. The second-order valence-electron chi connectivity index (χ2n) is 4.34. The summed E-state index contributed by atoms with van der Waals surface area (Å²) in [6.07, 6.45) is 0. The third kappa shape index (κ3) is 2.99. The molecule has 0 spiro atoms. The van der Waals surface area contributed by atoms with Gasteiger partial charge in [0.15, 0.2) is 0 Å². The van der Waals surface area contributed by atoms with Crippen molar-refractivity contribution < 1.29 is 9.53 Å². The van der Waals surface area contributed by atoms with E-state index in [4.69, 9.17) is 21.6 Å². The number of halogens is 1. The highest BCUT2D eigenvalue weighted by molar-refractivity contribution is 6.31. The molecule has 0 saturated heterocycles. The summed E-state index contributed by atoms with van der Waals surface area (Å²) in [6, 6.07) is 13.8. The highest BCUT2D eigenvalue weighted by Crippen LogP contribution is 2.26. The molecular weight excluding hydrogens is 288 g/mol. The molecule has 0 bridgehead atoms. The predicted octanol–water partition coefficient (Wildman–Crippen LogP) is 3.50. The molecule has 0 aliphatic carbocycles. The number of rotatable bonds is 3. The van der Waals surface area contributed by atoms with Crippen LogP contribution < -0.4 is 9.64 Å². The maximum Gasteiger partial charge on any atom is 0.261 e. The Morgan fingerprint density at radius 3 is 2.67 bits per heavy atom. The third-order valence-electron chi connectivity index (χ3n) is 3.08. The molecule has 0 saturated carbocycles. The Morgan fingerprint density at radius 1 is 1.29 bits per heavy atom. The fraction of sp³-hybridized carbons (Fsp3) is 0.125. The summed E-state index contributed by atoms with van der Waals surface area (Å²) in [4.78, 5) is 14.0. The first-order valence-electron chi connectivity index (χ1n) is 6.19. The number of hydrogen-bond acceptors (Lipinski definition) is 3. The van der Waals surface area contributed by atoms with E-state index in [1.54, 1.807) is 49.5 Å². The Kier molecular flexibility index (Phi) is 4.46. The van der Waals surface area contributed by atoms with Gasteiger partial charge in [-0.3, -0.25) is 4.79 Å². The van der Waals surface area contributed by atoms with E-state index in [0.717, 1.165) is 0 Å². The lowest BCUT2D eigenvalue weighted by Gasteiger charge is -2.20. The summed E-state index contributed by atoms with van der Waals surface area (Å²) in [5.41, 5.74) is 1.31. The quantitative estimate of drug-likeness (QED) is 0.872. The molecule has 21 heavy (non-hydrogen) atoms. The molecule has 2 aromatic rings. The van der Waals surface area contributed by atoms with Crippen LogP contribution in [0.1, 0.15) is 15.9 Å². The van der Waals surface area contributed by atoms with E-state index in [2.05, 4.69) is 6.07 Å². The number of para-hydroxylation sites is 1. The van der Waals surface area contributed by atoms with Gasteiger partial charge in [-0.25, -0.2) is 0 Å². The highest BCUT2D eigenvalue weighted by atomic mass is 35.5. The van der Waals surface area contributed by atoms with Gasteiger partial charge in [-0.2, -0.15) is 5.26 Å². The summed E-state index contributed by atoms with van der Waals surface area (Å²) < 4.78 is 5.19. The van der Waals surface area contributed by atoms with E-state index in [9.17, 15) is 4.79 Å².